The molecule has 0 unspecified atom stereocenters. The largest absolute Gasteiger partial charge is 0.425 e. The van der Waals surface area contributed by atoms with Crippen LogP contribution in [0.5, 0.6) is 0 Å². The van der Waals surface area contributed by atoms with Crippen LogP contribution < -0.4 is 5.73 Å². The Morgan fingerprint density at radius 1 is 1.69 bits per heavy atom. The van der Waals surface area contributed by atoms with Crippen molar-refractivity contribution in [2.75, 3.05) is 0 Å². The van der Waals surface area contributed by atoms with Gasteiger partial charge in [0.1, 0.15) is 5.69 Å². The molecule has 1 rings (SSSR count). The van der Waals surface area contributed by atoms with Crippen LogP contribution in [0.4, 0.5) is 5.88 Å². The van der Waals surface area contributed by atoms with Crippen molar-refractivity contribution in [3.63, 3.8) is 0 Å². The first kappa shape index (κ1) is 11.4. The molecule has 0 aliphatic heterocycles. The molecule has 0 aliphatic carbocycles. The summed E-state index contributed by atoms with van der Waals surface area (Å²) in [5.74, 6) is 0.838. The van der Waals surface area contributed by atoms with E-state index in [0.717, 1.165) is 0 Å². The molecule has 4 heteroatoms. The van der Waals surface area contributed by atoms with Crippen molar-refractivity contribution in [1.29, 1.82) is 0 Å². The van der Waals surface area contributed by atoms with Crippen LogP contribution in [0.3, 0.4) is 0 Å². The quantitative estimate of drug-likeness (QED) is 0.562. The van der Waals surface area contributed by atoms with Gasteiger partial charge in [0.25, 0.3) is 0 Å². The summed E-state index contributed by atoms with van der Waals surface area (Å²) >= 11 is 0. The molecule has 0 aliphatic rings. The van der Waals surface area contributed by atoms with Crippen molar-refractivity contribution in [2.24, 2.45) is 10.7 Å². The van der Waals surface area contributed by atoms with Gasteiger partial charge in [0.15, 0.2) is 6.39 Å². The Balaban J connectivity index is 0.000000671. The summed E-state index contributed by atoms with van der Waals surface area (Å²) < 4.78 is 4.92. The molecule has 0 saturated heterocycles. The number of aromatic nitrogens is 1. The molecule has 0 radical (unpaired) electrons. The van der Waals surface area contributed by atoms with E-state index in [4.69, 9.17) is 10.2 Å². The summed E-state index contributed by atoms with van der Waals surface area (Å²) in [5.41, 5.74) is 5.94. The summed E-state index contributed by atoms with van der Waals surface area (Å²) in [7, 11) is 0. The van der Waals surface area contributed by atoms with E-state index in [0.29, 0.717) is 17.4 Å². The van der Waals surface area contributed by atoms with E-state index in [1.165, 1.54) is 6.39 Å². The van der Waals surface area contributed by atoms with Crippen LogP contribution in [-0.2, 0) is 0 Å². The maximum atomic E-state index is 5.34. The van der Waals surface area contributed by atoms with Crippen LogP contribution in [0.15, 0.2) is 22.4 Å². The van der Waals surface area contributed by atoms with Gasteiger partial charge in [-0.05, 0) is 13.0 Å². The lowest BCUT2D eigenvalue weighted by Crippen LogP contribution is -2.03. The minimum Gasteiger partial charge on any atom is -0.425 e. The second-order valence-electron chi connectivity index (χ2n) is 2.00. The fourth-order valence-corrected chi connectivity index (χ4v) is 0.632. The fraction of sp³-hybridized carbons (Fsp3) is 0.333. The average Bonchev–Trinajstić information content (AvgIpc) is 2.54. The van der Waals surface area contributed by atoms with Crippen molar-refractivity contribution in [3.8, 4) is 0 Å². The summed E-state index contributed by atoms with van der Waals surface area (Å²) in [4.78, 5) is 7.72. The first-order valence-corrected chi connectivity index (χ1v) is 4.10. The van der Waals surface area contributed by atoms with E-state index in [1.54, 1.807) is 13.0 Å². The third-order valence-electron chi connectivity index (χ3n) is 1.05. The topological polar surface area (TPSA) is 64.4 Å². The van der Waals surface area contributed by atoms with Gasteiger partial charge in [-0.2, -0.15) is 4.99 Å². The molecule has 0 atom stereocenters. The third kappa shape index (κ3) is 3.55. The van der Waals surface area contributed by atoms with Gasteiger partial charge in [-0.3, -0.25) is 0 Å². The molecule has 72 valence electrons. The van der Waals surface area contributed by atoms with Gasteiger partial charge in [-0.15, -0.1) is 0 Å². The van der Waals surface area contributed by atoms with Crippen LogP contribution >= 0.6 is 0 Å². The molecule has 0 spiro atoms. The fourth-order valence-electron chi connectivity index (χ4n) is 0.632. The number of nitrogens with two attached hydrogens (primary N) is 1. The highest BCUT2D eigenvalue weighted by atomic mass is 16.4. The zero-order valence-corrected chi connectivity index (χ0v) is 8.24. The monoisotopic (exact) mass is 181 g/mol. The predicted octanol–water partition coefficient (Wildman–Crippen LogP) is 2.35. The van der Waals surface area contributed by atoms with Crippen molar-refractivity contribution in [1.82, 2.24) is 4.98 Å². The third-order valence-corrected chi connectivity index (χ3v) is 1.05. The highest BCUT2D eigenvalue weighted by Gasteiger charge is 2.01. The number of amidine groups is 1. The molecule has 0 bridgehead atoms. The number of hydrogen-bond acceptors (Lipinski definition) is 3. The minimum atomic E-state index is 0.403. The Bertz CT molecular complexity index is 285. The first-order chi connectivity index (χ1) is 6.24. The van der Waals surface area contributed by atoms with Crippen molar-refractivity contribution in [3.05, 3.63) is 18.7 Å². The second kappa shape index (κ2) is 5.99. The Kier molecular flexibility index (Phi) is 5.27. The maximum absolute atomic E-state index is 5.34. The van der Waals surface area contributed by atoms with E-state index < -0.39 is 0 Å². The Labute approximate surface area is 78.2 Å². The average molecular weight is 181 g/mol. The summed E-state index contributed by atoms with van der Waals surface area (Å²) in [6, 6.07) is 0. The Morgan fingerprint density at radius 3 is 2.77 bits per heavy atom. The summed E-state index contributed by atoms with van der Waals surface area (Å²) in [6.45, 7) is 9.21. The highest BCUT2D eigenvalue weighted by Crippen LogP contribution is 2.17. The molecule has 0 aromatic carbocycles. The molecule has 0 amide bonds. The Hall–Kier alpha value is -1.58. The number of oxazole rings is 1. The van der Waals surface area contributed by atoms with Crippen molar-refractivity contribution in [2.45, 2.75) is 20.8 Å². The molecular formula is C9H15N3O. The Morgan fingerprint density at radius 2 is 2.31 bits per heavy atom. The molecule has 0 fully saturated rings. The van der Waals surface area contributed by atoms with Gasteiger partial charge in [-0.25, -0.2) is 4.98 Å². The predicted molar refractivity (Wildman–Crippen MR) is 54.9 cm³/mol. The van der Waals surface area contributed by atoms with Crippen molar-refractivity contribution < 1.29 is 4.42 Å². The van der Waals surface area contributed by atoms with Gasteiger partial charge in [0.2, 0.25) is 5.88 Å². The van der Waals surface area contributed by atoms with Crippen LogP contribution in [0.1, 0.15) is 26.5 Å². The zero-order chi connectivity index (χ0) is 10.3. The number of aliphatic imine (C=N–C) groups is 1. The maximum Gasteiger partial charge on any atom is 0.248 e. The van der Waals surface area contributed by atoms with E-state index in [1.807, 2.05) is 13.8 Å². The molecule has 1 aromatic heterocycles. The molecule has 1 aromatic rings. The standard InChI is InChI=1S/C7H9N3O.C2H6/c1-3-6-7(10-5(2)8)11-4-9-6;1-2/h3-4H,1H2,2H3,(H2,8,10);1-2H3. The molecule has 2 N–H and O–H groups in total. The molecule has 0 saturated carbocycles. The van der Waals surface area contributed by atoms with Gasteiger partial charge < -0.3 is 10.2 Å². The van der Waals surface area contributed by atoms with E-state index >= 15 is 0 Å². The normalized spacial score (nSPS) is 10.2. The first-order valence-electron chi connectivity index (χ1n) is 4.10. The SMILES string of the molecule is C=Cc1ncoc1/N=C(\C)N.CC. The molecule has 4 nitrogen and oxygen atoms in total. The van der Waals surface area contributed by atoms with Crippen LogP contribution in [0.2, 0.25) is 0 Å². The van der Waals surface area contributed by atoms with Gasteiger partial charge in [0, 0.05) is 0 Å². The van der Waals surface area contributed by atoms with E-state index in [2.05, 4.69) is 16.6 Å². The van der Waals surface area contributed by atoms with Gasteiger partial charge >= 0.3 is 0 Å². The molecule has 1 heterocycles. The van der Waals surface area contributed by atoms with Crippen LogP contribution in [0.25, 0.3) is 6.08 Å². The van der Waals surface area contributed by atoms with E-state index in [-0.39, 0.29) is 0 Å². The van der Waals surface area contributed by atoms with E-state index in [9.17, 15) is 0 Å². The molecular weight excluding hydrogens is 166 g/mol. The lowest BCUT2D eigenvalue weighted by molar-refractivity contribution is 0.567. The highest BCUT2D eigenvalue weighted by molar-refractivity contribution is 5.80. The number of nitrogens with zero attached hydrogens (tertiary/aromatic N) is 2. The number of rotatable bonds is 2. The van der Waals surface area contributed by atoms with Crippen LogP contribution in [-0.4, -0.2) is 10.8 Å². The van der Waals surface area contributed by atoms with Gasteiger partial charge in [-0.1, -0.05) is 20.4 Å². The summed E-state index contributed by atoms with van der Waals surface area (Å²) in [6.07, 6.45) is 2.87. The zero-order valence-electron chi connectivity index (χ0n) is 8.24. The second-order valence-corrected chi connectivity index (χ2v) is 2.00. The van der Waals surface area contributed by atoms with Crippen LogP contribution in [0, 0.1) is 0 Å². The lowest BCUT2D eigenvalue weighted by Gasteiger charge is -1.88. The summed E-state index contributed by atoms with van der Waals surface area (Å²) in [5, 5.41) is 0. The minimum absolute atomic E-state index is 0.403. The van der Waals surface area contributed by atoms with Gasteiger partial charge in [0.05, 0.1) is 5.84 Å². The molecule has 13 heavy (non-hydrogen) atoms. The smallest absolute Gasteiger partial charge is 0.248 e. The number of hydrogen-bond donors (Lipinski definition) is 1. The van der Waals surface area contributed by atoms with Crippen molar-refractivity contribution >= 4 is 17.8 Å². The lowest BCUT2D eigenvalue weighted by atomic mass is 10.4.